The highest BCUT2D eigenvalue weighted by Gasteiger charge is 2.40. The fourth-order valence-corrected chi connectivity index (χ4v) is 4.31. The van der Waals surface area contributed by atoms with Crippen molar-refractivity contribution in [2.45, 2.75) is 39.3 Å². The number of aromatic nitrogens is 1. The number of pyridine rings is 1. The fraction of sp³-hybridized carbons (Fsp3) is 0.409. The van der Waals surface area contributed by atoms with Gasteiger partial charge >= 0.3 is 0 Å². The number of carbonyl (C=O) groups excluding carboxylic acids is 2. The summed E-state index contributed by atoms with van der Waals surface area (Å²) in [7, 11) is 0. The van der Waals surface area contributed by atoms with Crippen molar-refractivity contribution in [1.82, 2.24) is 14.8 Å². The maximum Gasteiger partial charge on any atom is 0.274 e. The van der Waals surface area contributed by atoms with Gasteiger partial charge in [-0.2, -0.15) is 0 Å². The summed E-state index contributed by atoms with van der Waals surface area (Å²) in [4.78, 5) is 39.9. The van der Waals surface area contributed by atoms with E-state index in [1.54, 1.807) is 4.90 Å². The number of rotatable bonds is 3. The molecule has 3 heterocycles. The summed E-state index contributed by atoms with van der Waals surface area (Å²) in [5.74, 6) is -3.59. The molecule has 9 heteroatoms. The van der Waals surface area contributed by atoms with Crippen LogP contribution in [0.25, 0.3) is 0 Å². The van der Waals surface area contributed by atoms with Gasteiger partial charge in [0.2, 0.25) is 5.43 Å². The number of hydrogen-bond donors (Lipinski definition) is 2. The number of nitrogens with zero attached hydrogens (tertiary/aromatic N) is 2. The average molecular weight is 431 g/mol. The monoisotopic (exact) mass is 431 g/mol. The minimum atomic E-state index is -0.962. The van der Waals surface area contributed by atoms with E-state index in [9.17, 15) is 28.3 Å². The van der Waals surface area contributed by atoms with Crippen molar-refractivity contribution in [1.29, 1.82) is 0 Å². The highest BCUT2D eigenvalue weighted by Crippen LogP contribution is 2.37. The molecule has 7 nitrogen and oxygen atoms in total. The Balaban J connectivity index is 1.66. The molecule has 0 saturated carbocycles. The van der Waals surface area contributed by atoms with Crippen molar-refractivity contribution in [3.63, 3.8) is 0 Å². The standard InChI is InChI=1S/C22H23F2N3O4/c1-22(2)6-5-14-9-26(11-22)21(31)17-19(29)18(28)15(10-27(14)17)20(30)25-8-12-3-4-13(23)7-16(12)24/h3-4,7,10,14,29H,5-6,8-9,11H2,1-2H3,(H,25,30)/t14-/m1/s1. The van der Waals surface area contributed by atoms with Crippen LogP contribution in [-0.2, 0) is 6.54 Å². The van der Waals surface area contributed by atoms with Gasteiger partial charge in [-0.05, 0) is 24.3 Å². The van der Waals surface area contributed by atoms with Crippen LogP contribution in [0.5, 0.6) is 5.75 Å². The predicted molar refractivity (Wildman–Crippen MR) is 108 cm³/mol. The lowest BCUT2D eigenvalue weighted by atomic mass is 9.87. The molecular weight excluding hydrogens is 408 g/mol. The first-order chi connectivity index (χ1) is 14.6. The summed E-state index contributed by atoms with van der Waals surface area (Å²) in [5.41, 5.74) is -1.47. The van der Waals surface area contributed by atoms with Gasteiger partial charge in [-0.15, -0.1) is 0 Å². The van der Waals surface area contributed by atoms with E-state index in [4.69, 9.17) is 0 Å². The zero-order valence-corrected chi connectivity index (χ0v) is 17.2. The highest BCUT2D eigenvalue weighted by molar-refractivity contribution is 5.99. The molecule has 4 rings (SSSR count). The van der Waals surface area contributed by atoms with Gasteiger partial charge in [0.15, 0.2) is 11.4 Å². The van der Waals surface area contributed by atoms with Crippen LogP contribution in [0.4, 0.5) is 8.78 Å². The van der Waals surface area contributed by atoms with Crippen molar-refractivity contribution in [3.8, 4) is 5.75 Å². The van der Waals surface area contributed by atoms with Gasteiger partial charge in [0.25, 0.3) is 11.8 Å². The van der Waals surface area contributed by atoms with E-state index in [0.717, 1.165) is 12.5 Å². The molecule has 2 bridgehead atoms. The molecule has 0 aliphatic carbocycles. The summed E-state index contributed by atoms with van der Waals surface area (Å²) < 4.78 is 28.4. The quantitative estimate of drug-likeness (QED) is 0.782. The number of amides is 2. The van der Waals surface area contributed by atoms with Crippen LogP contribution in [0.1, 0.15) is 59.1 Å². The number of benzene rings is 1. The number of hydrogen-bond acceptors (Lipinski definition) is 4. The van der Waals surface area contributed by atoms with Gasteiger partial charge < -0.3 is 19.9 Å². The summed E-state index contributed by atoms with van der Waals surface area (Å²) in [5, 5.41) is 12.9. The van der Waals surface area contributed by atoms with Crippen molar-refractivity contribution >= 4 is 11.8 Å². The van der Waals surface area contributed by atoms with E-state index in [2.05, 4.69) is 19.2 Å². The third-order valence-corrected chi connectivity index (χ3v) is 6.00. The van der Waals surface area contributed by atoms with E-state index in [1.807, 2.05) is 0 Å². The Hall–Kier alpha value is -3.23. The van der Waals surface area contributed by atoms with Crippen LogP contribution in [0, 0.1) is 17.0 Å². The maximum atomic E-state index is 13.8. The van der Waals surface area contributed by atoms with Crippen molar-refractivity contribution in [3.05, 3.63) is 63.1 Å². The second kappa shape index (κ2) is 7.47. The van der Waals surface area contributed by atoms with Crippen LogP contribution in [-0.4, -0.2) is 39.5 Å². The topological polar surface area (TPSA) is 91.6 Å². The molecule has 2 aliphatic rings. The number of carbonyl (C=O) groups is 2. The van der Waals surface area contributed by atoms with E-state index in [1.165, 1.54) is 16.8 Å². The van der Waals surface area contributed by atoms with E-state index in [-0.39, 0.29) is 34.8 Å². The molecule has 1 atom stereocenters. The lowest BCUT2D eigenvalue weighted by Gasteiger charge is -2.35. The number of fused-ring (bicyclic) bond motifs is 4. The predicted octanol–water partition coefficient (Wildman–Crippen LogP) is 2.58. The second-order valence-electron chi connectivity index (χ2n) is 8.94. The summed E-state index contributed by atoms with van der Waals surface area (Å²) in [6, 6.07) is 2.78. The Bertz CT molecular complexity index is 1140. The third kappa shape index (κ3) is 3.80. The van der Waals surface area contributed by atoms with Crippen LogP contribution in [0.3, 0.4) is 0 Å². The second-order valence-corrected chi connectivity index (χ2v) is 8.94. The first-order valence-electron chi connectivity index (χ1n) is 10.1. The molecule has 2 aromatic rings. The van der Waals surface area contributed by atoms with E-state index < -0.39 is 34.6 Å². The minimum Gasteiger partial charge on any atom is -0.503 e. The number of aromatic hydroxyl groups is 1. The molecule has 1 aromatic heterocycles. The molecule has 0 spiro atoms. The number of halogens is 2. The van der Waals surface area contributed by atoms with Crippen LogP contribution < -0.4 is 10.7 Å². The molecule has 0 unspecified atom stereocenters. The SMILES string of the molecule is CC1(C)CC[C@@H]2CN(C1)C(=O)c1c(O)c(=O)c(C(=O)NCc3ccc(F)cc3F)cn12. The van der Waals surface area contributed by atoms with Gasteiger partial charge in [-0.1, -0.05) is 19.9 Å². The molecule has 31 heavy (non-hydrogen) atoms. The molecule has 2 N–H and O–H groups in total. The van der Waals surface area contributed by atoms with Crippen molar-refractivity contribution < 1.29 is 23.5 Å². The molecule has 1 fully saturated rings. The molecule has 2 aliphatic heterocycles. The van der Waals surface area contributed by atoms with Crippen molar-refractivity contribution in [2.24, 2.45) is 5.41 Å². The Morgan fingerprint density at radius 2 is 2.03 bits per heavy atom. The number of nitrogens with one attached hydrogen (secondary N) is 1. The first kappa shape index (κ1) is 21.0. The van der Waals surface area contributed by atoms with Gasteiger partial charge in [-0.3, -0.25) is 14.4 Å². The summed E-state index contributed by atoms with van der Waals surface area (Å²) in [6.07, 6.45) is 2.85. The Morgan fingerprint density at radius 1 is 1.29 bits per heavy atom. The average Bonchev–Trinajstić information content (AvgIpc) is 2.84. The molecule has 164 valence electrons. The van der Waals surface area contributed by atoms with Crippen LogP contribution in [0.15, 0.2) is 29.2 Å². The Kier molecular flexibility index (Phi) is 5.07. The smallest absolute Gasteiger partial charge is 0.274 e. The summed E-state index contributed by atoms with van der Waals surface area (Å²) in [6.45, 7) is 4.80. The third-order valence-electron chi connectivity index (χ3n) is 6.00. The Labute approximate surface area is 177 Å². The zero-order chi connectivity index (χ0) is 22.5. The van der Waals surface area contributed by atoms with E-state index in [0.29, 0.717) is 25.6 Å². The largest absolute Gasteiger partial charge is 0.503 e. The van der Waals surface area contributed by atoms with E-state index >= 15 is 0 Å². The zero-order valence-electron chi connectivity index (χ0n) is 17.2. The Morgan fingerprint density at radius 3 is 2.74 bits per heavy atom. The lowest BCUT2D eigenvalue weighted by molar-refractivity contribution is 0.0629. The molecule has 0 radical (unpaired) electrons. The first-order valence-corrected chi connectivity index (χ1v) is 10.1. The van der Waals surface area contributed by atoms with Gasteiger partial charge in [-0.25, -0.2) is 8.78 Å². The molecule has 2 amide bonds. The summed E-state index contributed by atoms with van der Waals surface area (Å²) >= 11 is 0. The van der Waals surface area contributed by atoms with Crippen molar-refractivity contribution in [2.75, 3.05) is 13.1 Å². The molecular formula is C22H23F2N3O4. The van der Waals surface area contributed by atoms with Crippen LogP contribution >= 0.6 is 0 Å². The van der Waals surface area contributed by atoms with Gasteiger partial charge in [0.05, 0.1) is 6.04 Å². The molecule has 1 saturated heterocycles. The molecule has 1 aromatic carbocycles. The maximum absolute atomic E-state index is 13.8. The lowest BCUT2D eigenvalue weighted by Crippen LogP contribution is -2.46. The highest BCUT2D eigenvalue weighted by atomic mass is 19.1. The minimum absolute atomic E-state index is 0.0499. The fourth-order valence-electron chi connectivity index (χ4n) is 4.31. The van der Waals surface area contributed by atoms with Crippen LogP contribution in [0.2, 0.25) is 0 Å². The normalized spacial score (nSPS) is 19.5. The van der Waals surface area contributed by atoms with Gasteiger partial charge in [0.1, 0.15) is 17.2 Å². The van der Waals surface area contributed by atoms with Gasteiger partial charge in [0, 0.05) is 37.5 Å².